The van der Waals surface area contributed by atoms with E-state index in [1.807, 2.05) is 0 Å². The van der Waals surface area contributed by atoms with Crippen molar-refractivity contribution in [1.82, 2.24) is 4.57 Å². The fourth-order valence-electron chi connectivity index (χ4n) is 1.99. The molecule has 0 atom stereocenters. The van der Waals surface area contributed by atoms with Crippen LogP contribution in [0.1, 0.15) is 15.9 Å². The summed E-state index contributed by atoms with van der Waals surface area (Å²) in [5, 5.41) is 8.96. The van der Waals surface area contributed by atoms with Gasteiger partial charge in [0.1, 0.15) is 5.56 Å². The highest BCUT2D eigenvalue weighted by molar-refractivity contribution is 5.89. The van der Waals surface area contributed by atoms with Gasteiger partial charge in [-0.25, -0.2) is 4.79 Å². The number of alkyl halides is 3. The summed E-state index contributed by atoms with van der Waals surface area (Å²) in [6.07, 6.45) is -3.39. The van der Waals surface area contributed by atoms with Crippen LogP contribution in [-0.4, -0.2) is 15.6 Å². The molecule has 0 fully saturated rings. The van der Waals surface area contributed by atoms with Crippen molar-refractivity contribution in [3.8, 4) is 11.1 Å². The number of benzene rings is 1. The van der Waals surface area contributed by atoms with Crippen LogP contribution in [-0.2, 0) is 13.2 Å². The zero-order valence-electron chi connectivity index (χ0n) is 10.8. The first kappa shape index (κ1) is 14.8. The number of aromatic nitrogens is 1. The SMILES string of the molecule is Cn1cc(-c2ccccc2C(F)(F)F)cc(C(=O)O)c1=O. The molecule has 0 saturated carbocycles. The second kappa shape index (κ2) is 5.08. The molecule has 0 bridgehead atoms. The van der Waals surface area contributed by atoms with E-state index in [2.05, 4.69) is 0 Å². The minimum absolute atomic E-state index is 0.0161. The lowest BCUT2D eigenvalue weighted by Gasteiger charge is -2.14. The van der Waals surface area contributed by atoms with Crippen molar-refractivity contribution in [2.75, 3.05) is 0 Å². The van der Waals surface area contributed by atoms with Gasteiger partial charge in [0.05, 0.1) is 5.56 Å². The van der Waals surface area contributed by atoms with E-state index < -0.39 is 28.8 Å². The van der Waals surface area contributed by atoms with E-state index in [0.717, 1.165) is 16.7 Å². The maximum absolute atomic E-state index is 13.0. The molecule has 7 heteroatoms. The Bertz CT molecular complexity index is 763. The van der Waals surface area contributed by atoms with Crippen LogP contribution in [0, 0.1) is 0 Å². The number of carboxylic acid groups (broad SMARTS) is 1. The van der Waals surface area contributed by atoms with Crippen molar-refractivity contribution >= 4 is 5.97 Å². The average Bonchev–Trinajstić information content (AvgIpc) is 2.40. The maximum atomic E-state index is 13.0. The van der Waals surface area contributed by atoms with Crippen LogP contribution in [0.25, 0.3) is 11.1 Å². The molecule has 0 aliphatic rings. The highest BCUT2D eigenvalue weighted by Crippen LogP contribution is 2.36. The average molecular weight is 297 g/mol. The molecule has 1 N–H and O–H groups in total. The summed E-state index contributed by atoms with van der Waals surface area (Å²) >= 11 is 0. The van der Waals surface area contributed by atoms with Gasteiger partial charge in [-0.3, -0.25) is 4.79 Å². The minimum Gasteiger partial charge on any atom is -0.477 e. The van der Waals surface area contributed by atoms with Crippen LogP contribution < -0.4 is 5.56 Å². The highest BCUT2D eigenvalue weighted by Gasteiger charge is 2.33. The Hall–Kier alpha value is -2.57. The van der Waals surface area contributed by atoms with Crippen molar-refractivity contribution < 1.29 is 23.1 Å². The zero-order chi connectivity index (χ0) is 15.8. The molecule has 1 aromatic heterocycles. The van der Waals surface area contributed by atoms with Crippen LogP contribution in [0.15, 0.2) is 41.3 Å². The van der Waals surface area contributed by atoms with Crippen LogP contribution in [0.2, 0.25) is 0 Å². The first-order chi connectivity index (χ1) is 9.71. The van der Waals surface area contributed by atoms with Gasteiger partial charge in [-0.15, -0.1) is 0 Å². The lowest BCUT2D eigenvalue weighted by Crippen LogP contribution is -2.24. The molecule has 0 aliphatic carbocycles. The van der Waals surface area contributed by atoms with E-state index in [-0.39, 0.29) is 11.1 Å². The predicted molar refractivity (Wildman–Crippen MR) is 69.1 cm³/mol. The van der Waals surface area contributed by atoms with Crippen LogP contribution in [0.4, 0.5) is 13.2 Å². The Morgan fingerprint density at radius 1 is 1.24 bits per heavy atom. The fraction of sp³-hybridized carbons (Fsp3) is 0.143. The molecular formula is C14H10F3NO3. The quantitative estimate of drug-likeness (QED) is 0.927. The van der Waals surface area contributed by atoms with E-state index in [0.29, 0.717) is 0 Å². The van der Waals surface area contributed by atoms with Crippen LogP contribution in [0.5, 0.6) is 0 Å². The summed E-state index contributed by atoms with van der Waals surface area (Å²) in [7, 11) is 1.29. The van der Waals surface area contributed by atoms with Crippen molar-refractivity contribution in [3.63, 3.8) is 0 Å². The summed E-state index contributed by atoms with van der Waals surface area (Å²) in [6, 6.07) is 5.74. The lowest BCUT2D eigenvalue weighted by atomic mass is 9.99. The van der Waals surface area contributed by atoms with Gasteiger partial charge in [0.25, 0.3) is 5.56 Å². The number of pyridine rings is 1. The second-order valence-corrected chi connectivity index (χ2v) is 4.41. The van der Waals surface area contributed by atoms with E-state index in [4.69, 9.17) is 5.11 Å². The molecule has 0 unspecified atom stereocenters. The first-order valence-electron chi connectivity index (χ1n) is 5.82. The summed E-state index contributed by atoms with van der Waals surface area (Å²) in [5.41, 5.74) is -2.41. The molecule has 1 aromatic carbocycles. The predicted octanol–water partition coefficient (Wildman–Crippen LogP) is 2.77. The topological polar surface area (TPSA) is 59.3 Å². The van der Waals surface area contributed by atoms with Crippen molar-refractivity contribution in [2.24, 2.45) is 7.05 Å². The molecule has 0 radical (unpaired) electrons. The molecule has 0 spiro atoms. The maximum Gasteiger partial charge on any atom is 0.417 e. The Balaban J connectivity index is 2.75. The lowest BCUT2D eigenvalue weighted by molar-refractivity contribution is -0.137. The third kappa shape index (κ3) is 2.81. The number of nitrogens with zero attached hydrogens (tertiary/aromatic N) is 1. The number of carbonyl (C=O) groups is 1. The summed E-state index contributed by atoms with van der Waals surface area (Å²) in [6.45, 7) is 0. The number of hydrogen-bond donors (Lipinski definition) is 1. The van der Waals surface area contributed by atoms with E-state index in [1.165, 1.54) is 31.4 Å². The number of aromatic carboxylic acids is 1. The van der Waals surface area contributed by atoms with E-state index in [1.54, 1.807) is 0 Å². The van der Waals surface area contributed by atoms with E-state index >= 15 is 0 Å². The van der Waals surface area contributed by atoms with Gasteiger partial charge in [-0.2, -0.15) is 13.2 Å². The van der Waals surface area contributed by atoms with Gasteiger partial charge in [-0.05, 0) is 23.3 Å². The number of carboxylic acids is 1. The number of hydrogen-bond acceptors (Lipinski definition) is 2. The van der Waals surface area contributed by atoms with Crippen molar-refractivity contribution in [1.29, 1.82) is 0 Å². The fourth-order valence-corrected chi connectivity index (χ4v) is 1.99. The Labute approximate surface area is 117 Å². The third-order valence-electron chi connectivity index (χ3n) is 2.96. The van der Waals surface area contributed by atoms with E-state index in [9.17, 15) is 22.8 Å². The normalized spacial score (nSPS) is 11.4. The summed E-state index contributed by atoms with van der Waals surface area (Å²) in [5.74, 6) is -1.48. The number of aryl methyl sites for hydroxylation is 1. The van der Waals surface area contributed by atoms with Gasteiger partial charge in [-0.1, -0.05) is 18.2 Å². The largest absolute Gasteiger partial charge is 0.477 e. The minimum atomic E-state index is -4.57. The highest BCUT2D eigenvalue weighted by atomic mass is 19.4. The Morgan fingerprint density at radius 3 is 2.43 bits per heavy atom. The van der Waals surface area contributed by atoms with Gasteiger partial charge in [0.2, 0.25) is 0 Å². The third-order valence-corrected chi connectivity index (χ3v) is 2.96. The molecule has 110 valence electrons. The van der Waals surface area contributed by atoms with Gasteiger partial charge >= 0.3 is 12.1 Å². The monoisotopic (exact) mass is 297 g/mol. The molecular weight excluding hydrogens is 287 g/mol. The standard InChI is InChI=1S/C14H10F3NO3/c1-18-7-8(6-10(12(18)19)13(20)21)9-4-2-3-5-11(9)14(15,16)17/h2-7H,1H3,(H,20,21). The Kier molecular flexibility index (Phi) is 3.59. The molecule has 4 nitrogen and oxygen atoms in total. The number of rotatable bonds is 2. The summed E-state index contributed by atoms with van der Waals surface area (Å²) < 4.78 is 39.9. The second-order valence-electron chi connectivity index (χ2n) is 4.41. The van der Waals surface area contributed by atoms with Gasteiger partial charge in [0.15, 0.2) is 0 Å². The van der Waals surface area contributed by atoms with Crippen LogP contribution >= 0.6 is 0 Å². The molecule has 21 heavy (non-hydrogen) atoms. The summed E-state index contributed by atoms with van der Waals surface area (Å²) in [4.78, 5) is 22.6. The zero-order valence-corrected chi connectivity index (χ0v) is 10.8. The van der Waals surface area contributed by atoms with Gasteiger partial charge in [0, 0.05) is 13.2 Å². The van der Waals surface area contributed by atoms with Crippen molar-refractivity contribution in [3.05, 3.63) is 58.0 Å². The number of halogens is 3. The smallest absolute Gasteiger partial charge is 0.417 e. The van der Waals surface area contributed by atoms with Crippen molar-refractivity contribution in [2.45, 2.75) is 6.18 Å². The molecule has 2 aromatic rings. The molecule has 0 saturated heterocycles. The first-order valence-corrected chi connectivity index (χ1v) is 5.82. The van der Waals surface area contributed by atoms with Gasteiger partial charge < -0.3 is 9.67 Å². The molecule has 0 aliphatic heterocycles. The molecule has 2 rings (SSSR count). The Morgan fingerprint density at radius 2 is 1.86 bits per heavy atom. The molecule has 0 amide bonds. The molecule has 1 heterocycles. The van der Waals surface area contributed by atoms with Crippen LogP contribution in [0.3, 0.4) is 0 Å².